The molecule has 2 aromatic rings. The number of carbonyl (C=O) groups is 2. The van der Waals surface area contributed by atoms with Gasteiger partial charge in [0.25, 0.3) is 5.91 Å². The lowest BCUT2D eigenvalue weighted by atomic mass is 10.2. The number of amides is 2. The van der Waals surface area contributed by atoms with E-state index >= 15 is 0 Å². The van der Waals surface area contributed by atoms with E-state index in [-0.39, 0.29) is 23.6 Å². The molecule has 0 radical (unpaired) electrons. The first-order valence-corrected chi connectivity index (χ1v) is 6.88. The molecule has 2 amide bonds. The molecule has 0 bridgehead atoms. The fraction of sp³-hybridized carbons (Fsp3) is 0.125. The Balaban J connectivity index is 1.87. The summed E-state index contributed by atoms with van der Waals surface area (Å²) in [4.78, 5) is 27.6. The van der Waals surface area contributed by atoms with Gasteiger partial charge >= 0.3 is 0 Å². The lowest BCUT2D eigenvalue weighted by Gasteiger charge is -2.05. The number of benzene rings is 1. The number of aromatic nitrogens is 1. The van der Waals surface area contributed by atoms with Gasteiger partial charge in [0.2, 0.25) is 5.91 Å². The van der Waals surface area contributed by atoms with Gasteiger partial charge in [0.05, 0.1) is 6.42 Å². The van der Waals surface area contributed by atoms with E-state index in [1.54, 1.807) is 43.5 Å². The van der Waals surface area contributed by atoms with Crippen molar-refractivity contribution in [1.29, 1.82) is 0 Å². The molecule has 0 aliphatic carbocycles. The van der Waals surface area contributed by atoms with E-state index in [1.165, 1.54) is 12.1 Å². The van der Waals surface area contributed by atoms with E-state index in [0.717, 1.165) is 0 Å². The third-order valence-electron chi connectivity index (χ3n) is 2.81. The minimum Gasteiger partial charge on any atom is -0.508 e. The molecular formula is C16H16N4O3. The van der Waals surface area contributed by atoms with Gasteiger partial charge in [-0.3, -0.25) is 9.59 Å². The molecule has 7 heteroatoms. The number of nitrogens with zero attached hydrogens (tertiary/aromatic N) is 2. The smallest absolute Gasteiger partial charge is 0.271 e. The molecule has 3 N–H and O–H groups in total. The number of phenolic OH excluding ortho intramolecular Hbond substituents is 1. The molecule has 1 heterocycles. The van der Waals surface area contributed by atoms with E-state index in [4.69, 9.17) is 0 Å². The molecule has 0 spiro atoms. The van der Waals surface area contributed by atoms with Crippen LogP contribution in [0.3, 0.4) is 0 Å². The standard InChI is InChI=1S/C16H16N4O3/c1-11(9-15(22)18-14-7-2-3-8-17-14)19-20-16(23)12-5-4-6-13(21)10-12/h2-8,10,21H,9H2,1H3,(H,20,23)(H,17,18,22)/b19-11-. The maximum Gasteiger partial charge on any atom is 0.271 e. The van der Waals surface area contributed by atoms with Crippen LogP contribution in [0.2, 0.25) is 0 Å². The minimum absolute atomic E-state index is 0.00640. The third-order valence-corrected chi connectivity index (χ3v) is 2.81. The fourth-order valence-corrected chi connectivity index (χ4v) is 1.75. The van der Waals surface area contributed by atoms with E-state index in [9.17, 15) is 14.7 Å². The molecule has 0 aliphatic heterocycles. The molecule has 0 saturated heterocycles. The molecular weight excluding hydrogens is 296 g/mol. The van der Waals surface area contributed by atoms with Crippen LogP contribution in [-0.4, -0.2) is 27.6 Å². The van der Waals surface area contributed by atoms with Crippen molar-refractivity contribution in [3.8, 4) is 5.75 Å². The second kappa shape index (κ2) is 7.69. The highest BCUT2D eigenvalue weighted by molar-refractivity contribution is 6.05. The van der Waals surface area contributed by atoms with Crippen molar-refractivity contribution >= 4 is 23.3 Å². The van der Waals surface area contributed by atoms with E-state index < -0.39 is 5.91 Å². The zero-order chi connectivity index (χ0) is 16.7. The van der Waals surface area contributed by atoms with Gasteiger partial charge in [-0.2, -0.15) is 5.10 Å². The van der Waals surface area contributed by atoms with Crippen molar-refractivity contribution in [1.82, 2.24) is 10.4 Å². The molecule has 0 aliphatic rings. The van der Waals surface area contributed by atoms with Gasteiger partial charge in [0, 0.05) is 17.5 Å². The van der Waals surface area contributed by atoms with Gasteiger partial charge in [0.15, 0.2) is 0 Å². The van der Waals surface area contributed by atoms with E-state index in [1.807, 2.05) is 0 Å². The molecule has 7 nitrogen and oxygen atoms in total. The van der Waals surface area contributed by atoms with Crippen LogP contribution in [0.1, 0.15) is 23.7 Å². The summed E-state index contributed by atoms with van der Waals surface area (Å²) in [6, 6.07) is 11.1. The fourth-order valence-electron chi connectivity index (χ4n) is 1.75. The Kier molecular flexibility index (Phi) is 5.40. The van der Waals surface area contributed by atoms with Gasteiger partial charge in [0.1, 0.15) is 11.6 Å². The molecule has 0 atom stereocenters. The number of aromatic hydroxyl groups is 1. The molecule has 0 saturated carbocycles. The SMILES string of the molecule is C/C(CC(=O)Nc1ccccn1)=N/NC(=O)c1cccc(O)c1. The lowest BCUT2D eigenvalue weighted by Crippen LogP contribution is -2.21. The summed E-state index contributed by atoms with van der Waals surface area (Å²) in [5.41, 5.74) is 3.05. The molecule has 118 valence electrons. The highest BCUT2D eigenvalue weighted by Crippen LogP contribution is 2.10. The maximum atomic E-state index is 11.8. The lowest BCUT2D eigenvalue weighted by molar-refractivity contribution is -0.115. The zero-order valence-electron chi connectivity index (χ0n) is 12.5. The second-order valence-electron chi connectivity index (χ2n) is 4.78. The topological polar surface area (TPSA) is 104 Å². The molecule has 0 unspecified atom stereocenters. The molecule has 0 fully saturated rings. The summed E-state index contributed by atoms with van der Waals surface area (Å²) >= 11 is 0. The van der Waals surface area contributed by atoms with E-state index in [2.05, 4.69) is 20.8 Å². The maximum absolute atomic E-state index is 11.8. The summed E-state index contributed by atoms with van der Waals surface area (Å²) in [6.45, 7) is 1.63. The molecule has 23 heavy (non-hydrogen) atoms. The van der Waals surface area contributed by atoms with Crippen LogP contribution in [0.25, 0.3) is 0 Å². The normalized spacial score (nSPS) is 10.9. The number of phenols is 1. The zero-order valence-corrected chi connectivity index (χ0v) is 12.5. The number of hydrogen-bond acceptors (Lipinski definition) is 5. The Bertz CT molecular complexity index is 729. The Labute approximate surface area is 133 Å². The number of anilines is 1. The average Bonchev–Trinajstić information content (AvgIpc) is 2.53. The van der Waals surface area contributed by atoms with Gasteiger partial charge in [-0.1, -0.05) is 12.1 Å². The van der Waals surface area contributed by atoms with Crippen LogP contribution in [0.4, 0.5) is 5.82 Å². The summed E-state index contributed by atoms with van der Waals surface area (Å²) in [6.07, 6.45) is 1.60. The second-order valence-corrected chi connectivity index (χ2v) is 4.78. The predicted molar refractivity (Wildman–Crippen MR) is 86.2 cm³/mol. The number of nitrogens with one attached hydrogen (secondary N) is 2. The Morgan fingerprint density at radius 2 is 2.04 bits per heavy atom. The van der Waals surface area contributed by atoms with Gasteiger partial charge in [-0.05, 0) is 37.3 Å². The Morgan fingerprint density at radius 3 is 2.74 bits per heavy atom. The number of rotatable bonds is 5. The molecule has 2 rings (SSSR count). The first kappa shape index (κ1) is 16.2. The van der Waals surface area contributed by atoms with Crippen molar-refractivity contribution in [3.63, 3.8) is 0 Å². The van der Waals surface area contributed by atoms with Crippen LogP contribution in [0, 0.1) is 0 Å². The van der Waals surface area contributed by atoms with Crippen molar-refractivity contribution in [2.24, 2.45) is 5.10 Å². The largest absolute Gasteiger partial charge is 0.508 e. The van der Waals surface area contributed by atoms with Crippen LogP contribution in [0.15, 0.2) is 53.8 Å². The van der Waals surface area contributed by atoms with Crippen molar-refractivity contribution in [2.75, 3.05) is 5.32 Å². The predicted octanol–water partition coefficient (Wildman–Crippen LogP) is 1.92. The quantitative estimate of drug-likeness (QED) is 0.579. The van der Waals surface area contributed by atoms with Crippen molar-refractivity contribution in [3.05, 3.63) is 54.2 Å². The third kappa shape index (κ3) is 5.24. The highest BCUT2D eigenvalue weighted by atomic mass is 16.3. The summed E-state index contributed by atoms with van der Waals surface area (Å²) in [7, 11) is 0. The van der Waals surface area contributed by atoms with Crippen molar-refractivity contribution < 1.29 is 14.7 Å². The van der Waals surface area contributed by atoms with Crippen LogP contribution in [0.5, 0.6) is 5.75 Å². The summed E-state index contributed by atoms with van der Waals surface area (Å²) < 4.78 is 0. The van der Waals surface area contributed by atoms with E-state index in [0.29, 0.717) is 11.5 Å². The number of hydrogen-bond donors (Lipinski definition) is 3. The average molecular weight is 312 g/mol. The number of carbonyl (C=O) groups excluding carboxylic acids is 2. The first-order chi connectivity index (χ1) is 11.0. The summed E-state index contributed by atoms with van der Waals surface area (Å²) in [5, 5.41) is 15.8. The van der Waals surface area contributed by atoms with Gasteiger partial charge in [-0.25, -0.2) is 10.4 Å². The van der Waals surface area contributed by atoms with Crippen LogP contribution < -0.4 is 10.7 Å². The highest BCUT2D eigenvalue weighted by Gasteiger charge is 2.07. The Hall–Kier alpha value is -3.22. The Morgan fingerprint density at radius 1 is 1.22 bits per heavy atom. The summed E-state index contributed by atoms with van der Waals surface area (Å²) in [5.74, 6) is -0.302. The first-order valence-electron chi connectivity index (χ1n) is 6.88. The van der Waals surface area contributed by atoms with Crippen LogP contribution >= 0.6 is 0 Å². The monoisotopic (exact) mass is 312 g/mol. The molecule has 1 aromatic carbocycles. The number of pyridine rings is 1. The molecule has 1 aromatic heterocycles. The number of hydrazone groups is 1. The minimum atomic E-state index is -0.467. The van der Waals surface area contributed by atoms with Gasteiger partial charge < -0.3 is 10.4 Å². The van der Waals surface area contributed by atoms with Crippen molar-refractivity contribution in [2.45, 2.75) is 13.3 Å². The van der Waals surface area contributed by atoms with Gasteiger partial charge in [-0.15, -0.1) is 0 Å². The van der Waals surface area contributed by atoms with Crippen LogP contribution in [-0.2, 0) is 4.79 Å².